The van der Waals surface area contributed by atoms with Crippen LogP contribution in [0.4, 0.5) is 0 Å². The van der Waals surface area contributed by atoms with E-state index in [-0.39, 0.29) is 6.17 Å². The van der Waals surface area contributed by atoms with Crippen molar-refractivity contribution >= 4 is 6.41 Å². The summed E-state index contributed by atoms with van der Waals surface area (Å²) in [5, 5.41) is 5.33. The zero-order valence-electron chi connectivity index (χ0n) is 4.56. The first-order valence-electron chi connectivity index (χ1n) is 2.18. The molecule has 7 heavy (non-hydrogen) atoms. The zero-order chi connectivity index (χ0) is 5.70. The van der Waals surface area contributed by atoms with Gasteiger partial charge >= 0.3 is 0 Å². The van der Waals surface area contributed by atoms with Gasteiger partial charge in [-0.15, -0.1) is 0 Å². The number of carbonyl (C=O) groups excluding carboxylic acids is 1. The van der Waals surface area contributed by atoms with E-state index in [9.17, 15) is 4.79 Å². The third-order valence-electron chi connectivity index (χ3n) is 0.751. The Labute approximate surface area is 43.1 Å². The van der Waals surface area contributed by atoms with E-state index in [4.69, 9.17) is 0 Å². The summed E-state index contributed by atoms with van der Waals surface area (Å²) in [5.41, 5.74) is 0. The molecule has 0 aromatic rings. The lowest BCUT2D eigenvalue weighted by Gasteiger charge is -2.05. The van der Waals surface area contributed by atoms with Crippen molar-refractivity contribution in [2.24, 2.45) is 0 Å². The van der Waals surface area contributed by atoms with Crippen molar-refractivity contribution in [3.63, 3.8) is 0 Å². The molecule has 0 heterocycles. The summed E-state index contributed by atoms with van der Waals surface area (Å²) >= 11 is 0. The van der Waals surface area contributed by atoms with Gasteiger partial charge in [0.15, 0.2) is 0 Å². The average molecular weight is 102 g/mol. The fourth-order valence-electron chi connectivity index (χ4n) is 0.185. The normalized spacial score (nSPS) is 12.9. The Morgan fingerprint density at radius 2 is 2.29 bits per heavy atom. The van der Waals surface area contributed by atoms with Crippen molar-refractivity contribution in [2.45, 2.75) is 13.1 Å². The fourth-order valence-corrected chi connectivity index (χ4v) is 0.185. The van der Waals surface area contributed by atoms with Crippen LogP contribution >= 0.6 is 0 Å². The Morgan fingerprint density at radius 1 is 1.71 bits per heavy atom. The van der Waals surface area contributed by atoms with Crippen LogP contribution in [0.2, 0.25) is 0 Å². The average Bonchev–Trinajstić information content (AvgIpc) is 1.68. The molecule has 3 heteroatoms. The number of hydrogen-bond donors (Lipinski definition) is 2. The number of nitrogens with one attached hydrogen (secondary N) is 2. The highest BCUT2D eigenvalue weighted by molar-refractivity contribution is 5.46. The van der Waals surface area contributed by atoms with Crippen LogP contribution in [0.25, 0.3) is 0 Å². The first-order chi connectivity index (χ1) is 3.31. The number of amides is 1. The molecule has 0 aliphatic rings. The maximum absolute atomic E-state index is 9.62. The first kappa shape index (κ1) is 6.43. The molecule has 0 saturated heterocycles. The quantitative estimate of drug-likeness (QED) is 0.365. The minimum atomic E-state index is 0.0810. The van der Waals surface area contributed by atoms with Gasteiger partial charge in [0.2, 0.25) is 6.41 Å². The maximum atomic E-state index is 9.62. The molecule has 3 nitrogen and oxygen atoms in total. The molecule has 0 aromatic carbocycles. The van der Waals surface area contributed by atoms with Crippen molar-refractivity contribution in [2.75, 3.05) is 7.05 Å². The van der Waals surface area contributed by atoms with E-state index in [0.717, 1.165) is 0 Å². The topological polar surface area (TPSA) is 41.1 Å². The molecule has 2 N–H and O–H groups in total. The predicted molar refractivity (Wildman–Crippen MR) is 27.7 cm³/mol. The van der Waals surface area contributed by atoms with E-state index < -0.39 is 0 Å². The minimum absolute atomic E-state index is 0.0810. The molecular weight excluding hydrogens is 92.1 g/mol. The van der Waals surface area contributed by atoms with E-state index >= 15 is 0 Å². The molecule has 0 fully saturated rings. The summed E-state index contributed by atoms with van der Waals surface area (Å²) in [5.74, 6) is 0. The van der Waals surface area contributed by atoms with Gasteiger partial charge in [-0.05, 0) is 14.0 Å². The van der Waals surface area contributed by atoms with Crippen molar-refractivity contribution in [1.29, 1.82) is 0 Å². The molecule has 1 unspecified atom stereocenters. The van der Waals surface area contributed by atoms with Crippen LogP contribution in [0.3, 0.4) is 0 Å². The second kappa shape index (κ2) is 3.61. The van der Waals surface area contributed by atoms with Crippen molar-refractivity contribution in [3.05, 3.63) is 0 Å². The lowest BCUT2D eigenvalue weighted by Crippen LogP contribution is -2.35. The lowest BCUT2D eigenvalue weighted by atomic mass is 10.6. The Bertz CT molecular complexity index is 55.7. The molecule has 0 aliphatic heterocycles. The van der Waals surface area contributed by atoms with Gasteiger partial charge in [0.05, 0.1) is 6.17 Å². The molecule has 42 valence electrons. The highest BCUT2D eigenvalue weighted by Gasteiger charge is 1.87. The lowest BCUT2D eigenvalue weighted by molar-refractivity contribution is -0.110. The van der Waals surface area contributed by atoms with Crippen LogP contribution in [-0.2, 0) is 4.79 Å². The van der Waals surface area contributed by atoms with Crippen LogP contribution < -0.4 is 10.6 Å². The number of carbonyl (C=O) groups is 1. The van der Waals surface area contributed by atoms with E-state index in [0.29, 0.717) is 6.41 Å². The minimum Gasteiger partial charge on any atom is -0.344 e. The van der Waals surface area contributed by atoms with Gasteiger partial charge in [-0.2, -0.15) is 0 Å². The molecule has 0 saturated carbocycles. The fraction of sp³-hybridized carbons (Fsp3) is 0.750. The SMILES string of the molecule is CNC(C)NC=O. The van der Waals surface area contributed by atoms with Crippen LogP contribution in [0.5, 0.6) is 0 Å². The third kappa shape index (κ3) is 3.26. The number of hydrogen-bond acceptors (Lipinski definition) is 2. The van der Waals surface area contributed by atoms with Gasteiger partial charge in [0.25, 0.3) is 0 Å². The molecule has 0 rings (SSSR count). The number of rotatable bonds is 3. The van der Waals surface area contributed by atoms with E-state index in [1.807, 2.05) is 6.92 Å². The second-order valence-electron chi connectivity index (χ2n) is 1.29. The maximum Gasteiger partial charge on any atom is 0.208 e. The molecule has 0 aromatic heterocycles. The molecule has 0 aliphatic carbocycles. The monoisotopic (exact) mass is 102 g/mol. The highest BCUT2D eigenvalue weighted by atomic mass is 16.1. The zero-order valence-corrected chi connectivity index (χ0v) is 4.56. The van der Waals surface area contributed by atoms with Gasteiger partial charge in [-0.25, -0.2) is 0 Å². The van der Waals surface area contributed by atoms with Crippen LogP contribution in [0, 0.1) is 0 Å². The molecule has 1 atom stereocenters. The first-order valence-corrected chi connectivity index (χ1v) is 2.18. The third-order valence-corrected chi connectivity index (χ3v) is 0.751. The summed E-state index contributed by atoms with van der Waals surface area (Å²) in [6.07, 6.45) is 0.749. The molecule has 0 radical (unpaired) electrons. The Kier molecular flexibility index (Phi) is 3.32. The Hall–Kier alpha value is -0.570. The van der Waals surface area contributed by atoms with Gasteiger partial charge in [0.1, 0.15) is 0 Å². The summed E-state index contributed by atoms with van der Waals surface area (Å²) in [6, 6.07) is 0. The molecule has 0 bridgehead atoms. The van der Waals surface area contributed by atoms with Crippen LogP contribution in [-0.4, -0.2) is 19.6 Å². The second-order valence-corrected chi connectivity index (χ2v) is 1.29. The summed E-state index contributed by atoms with van der Waals surface area (Å²) < 4.78 is 0. The molecule has 1 amide bonds. The van der Waals surface area contributed by atoms with Crippen molar-refractivity contribution < 1.29 is 4.79 Å². The standard InChI is InChI=1S/C4H10N2O/c1-4(5-2)6-3-7/h3-5H,1-2H3,(H,6,7). The van der Waals surface area contributed by atoms with Gasteiger partial charge in [-0.1, -0.05) is 0 Å². The summed E-state index contributed by atoms with van der Waals surface area (Å²) in [7, 11) is 1.78. The van der Waals surface area contributed by atoms with Crippen LogP contribution in [0.1, 0.15) is 6.92 Å². The van der Waals surface area contributed by atoms with Gasteiger partial charge < -0.3 is 10.6 Å². The largest absolute Gasteiger partial charge is 0.344 e. The van der Waals surface area contributed by atoms with Crippen molar-refractivity contribution in [1.82, 2.24) is 10.6 Å². The van der Waals surface area contributed by atoms with E-state index in [1.54, 1.807) is 7.05 Å². The van der Waals surface area contributed by atoms with Gasteiger partial charge in [-0.3, -0.25) is 4.79 Å². The summed E-state index contributed by atoms with van der Waals surface area (Å²) in [6.45, 7) is 1.86. The summed E-state index contributed by atoms with van der Waals surface area (Å²) in [4.78, 5) is 9.62. The Balaban J connectivity index is 2.98. The molecular formula is C4H10N2O. The Morgan fingerprint density at radius 3 is 2.43 bits per heavy atom. The smallest absolute Gasteiger partial charge is 0.208 e. The van der Waals surface area contributed by atoms with Crippen LogP contribution in [0.15, 0.2) is 0 Å². The molecule has 0 spiro atoms. The predicted octanol–water partition coefficient (Wildman–Crippen LogP) is -0.702. The van der Waals surface area contributed by atoms with E-state index in [1.165, 1.54) is 0 Å². The van der Waals surface area contributed by atoms with E-state index in [2.05, 4.69) is 10.6 Å². The highest BCUT2D eigenvalue weighted by Crippen LogP contribution is 1.62. The van der Waals surface area contributed by atoms with Gasteiger partial charge in [0, 0.05) is 0 Å². The van der Waals surface area contributed by atoms with Crippen molar-refractivity contribution in [3.8, 4) is 0 Å².